The van der Waals surface area contributed by atoms with Gasteiger partial charge in [-0.1, -0.05) is 17.7 Å². The maximum absolute atomic E-state index is 13.3. The fourth-order valence-electron chi connectivity index (χ4n) is 2.97. The number of carbonyl (C=O) groups excluding carboxylic acids is 1. The van der Waals surface area contributed by atoms with Gasteiger partial charge in [0.25, 0.3) is 12.3 Å². The zero-order valence-corrected chi connectivity index (χ0v) is 15.3. The molecule has 0 fully saturated rings. The Hall–Kier alpha value is -3.04. The number of hydrogen-bond donors (Lipinski definition) is 3. The Kier molecular flexibility index (Phi) is 4.70. The molecule has 1 amide bonds. The highest BCUT2D eigenvalue weighted by Gasteiger charge is 2.25. The number of carbonyl (C=O) groups is 1. The number of amides is 1. The van der Waals surface area contributed by atoms with E-state index in [4.69, 9.17) is 11.6 Å². The first kappa shape index (κ1) is 18.3. The molecule has 144 valence electrons. The number of fused-ring (bicyclic) bond motifs is 1. The third kappa shape index (κ3) is 3.41. The van der Waals surface area contributed by atoms with Gasteiger partial charge in [-0.25, -0.2) is 18.8 Å². The zero-order chi connectivity index (χ0) is 19.8. The number of benzene rings is 1. The molecule has 1 unspecified atom stereocenters. The summed E-state index contributed by atoms with van der Waals surface area (Å²) in [5.41, 5.74) is 3.89. The number of halogens is 3. The molecule has 0 bridgehead atoms. The monoisotopic (exact) mass is 404 g/mol. The number of alkyl halides is 2. The van der Waals surface area contributed by atoms with Gasteiger partial charge in [0.15, 0.2) is 6.17 Å². The summed E-state index contributed by atoms with van der Waals surface area (Å²) in [5, 5.41) is 5.30. The van der Waals surface area contributed by atoms with Crippen LogP contribution in [0.3, 0.4) is 0 Å². The molecule has 28 heavy (non-hydrogen) atoms. The maximum atomic E-state index is 13.3. The number of hydrogen-bond acceptors (Lipinski definition) is 5. The van der Waals surface area contributed by atoms with Crippen LogP contribution in [0.1, 0.15) is 12.0 Å². The van der Waals surface area contributed by atoms with Crippen molar-refractivity contribution in [1.82, 2.24) is 20.4 Å². The minimum absolute atomic E-state index is 0.126. The highest BCUT2D eigenvalue weighted by Crippen LogP contribution is 2.34. The number of rotatable bonds is 4. The standard InChI is InChI=1S/C18H15ClF2N6O/c1-27-17(22-8-23-27)18(28)26-14-5-2-9-6-13(24-16(9)25-14)12-7-10(19)3-4-11(12)15(20)21/h2-8,15,17H,1H3,(H,22,23)(H2,24,25,26,28). The first-order valence-corrected chi connectivity index (χ1v) is 8.69. The van der Waals surface area contributed by atoms with Gasteiger partial charge in [-0.3, -0.25) is 4.79 Å². The predicted molar refractivity (Wildman–Crippen MR) is 103 cm³/mol. The molecule has 0 saturated heterocycles. The summed E-state index contributed by atoms with van der Waals surface area (Å²) in [6, 6.07) is 9.31. The molecule has 0 saturated carbocycles. The predicted octanol–water partition coefficient (Wildman–Crippen LogP) is 3.56. The van der Waals surface area contributed by atoms with Gasteiger partial charge in [-0.2, -0.15) is 5.01 Å². The largest absolute Gasteiger partial charge is 0.339 e. The molecular weight excluding hydrogens is 390 g/mol. The lowest BCUT2D eigenvalue weighted by molar-refractivity contribution is -0.120. The van der Waals surface area contributed by atoms with Crippen molar-refractivity contribution in [3.8, 4) is 11.3 Å². The van der Waals surface area contributed by atoms with Crippen molar-refractivity contribution in [2.45, 2.75) is 12.6 Å². The molecular formula is C18H15ClF2N6O. The summed E-state index contributed by atoms with van der Waals surface area (Å²) in [4.78, 5) is 23.7. The van der Waals surface area contributed by atoms with Gasteiger partial charge in [0.05, 0.1) is 6.34 Å². The smallest absolute Gasteiger partial charge is 0.267 e. The molecule has 3 heterocycles. The van der Waals surface area contributed by atoms with Crippen LogP contribution in [0, 0.1) is 0 Å². The number of nitrogens with zero attached hydrogens (tertiary/aromatic N) is 3. The first-order chi connectivity index (χ1) is 13.4. The third-order valence-electron chi connectivity index (χ3n) is 4.35. The van der Waals surface area contributed by atoms with E-state index in [2.05, 4.69) is 25.7 Å². The second kappa shape index (κ2) is 7.17. The van der Waals surface area contributed by atoms with Crippen LogP contribution >= 0.6 is 11.6 Å². The summed E-state index contributed by atoms with van der Waals surface area (Å²) in [6.07, 6.45) is -1.90. The number of aromatic amines is 1. The van der Waals surface area contributed by atoms with Crippen LogP contribution < -0.4 is 10.7 Å². The van der Waals surface area contributed by atoms with Gasteiger partial charge in [0.1, 0.15) is 11.5 Å². The van der Waals surface area contributed by atoms with E-state index in [9.17, 15) is 13.6 Å². The highest BCUT2D eigenvalue weighted by molar-refractivity contribution is 6.30. The number of aromatic nitrogens is 2. The molecule has 0 radical (unpaired) electrons. The van der Waals surface area contributed by atoms with E-state index in [1.165, 1.54) is 24.5 Å². The van der Waals surface area contributed by atoms with Crippen LogP contribution in [-0.4, -0.2) is 40.4 Å². The highest BCUT2D eigenvalue weighted by atomic mass is 35.5. The van der Waals surface area contributed by atoms with Crippen molar-refractivity contribution >= 4 is 40.7 Å². The summed E-state index contributed by atoms with van der Waals surface area (Å²) in [6.45, 7) is 0. The topological polar surface area (TPSA) is 85.4 Å². The molecule has 1 aliphatic rings. The Balaban J connectivity index is 1.65. The molecule has 3 aromatic rings. The van der Waals surface area contributed by atoms with Crippen LogP contribution in [0.25, 0.3) is 22.3 Å². The van der Waals surface area contributed by atoms with Crippen molar-refractivity contribution in [2.24, 2.45) is 4.99 Å². The van der Waals surface area contributed by atoms with Gasteiger partial charge in [0.2, 0.25) is 0 Å². The lowest BCUT2D eigenvalue weighted by atomic mass is 10.0. The van der Waals surface area contributed by atoms with E-state index < -0.39 is 12.6 Å². The Morgan fingerprint density at radius 2 is 2.11 bits per heavy atom. The van der Waals surface area contributed by atoms with Gasteiger partial charge >= 0.3 is 0 Å². The number of hydrazine groups is 1. The van der Waals surface area contributed by atoms with Crippen LogP contribution in [0.4, 0.5) is 14.6 Å². The Labute approximate surface area is 163 Å². The van der Waals surface area contributed by atoms with E-state index in [1.54, 1.807) is 30.3 Å². The number of H-pyrrole nitrogens is 1. The van der Waals surface area contributed by atoms with E-state index >= 15 is 0 Å². The molecule has 3 N–H and O–H groups in total. The van der Waals surface area contributed by atoms with E-state index in [-0.39, 0.29) is 11.5 Å². The Morgan fingerprint density at radius 1 is 1.29 bits per heavy atom. The van der Waals surface area contributed by atoms with Crippen LogP contribution in [0.5, 0.6) is 0 Å². The maximum Gasteiger partial charge on any atom is 0.267 e. The molecule has 1 aromatic carbocycles. The summed E-state index contributed by atoms with van der Waals surface area (Å²) in [5.74, 6) is -0.0289. The average molecular weight is 405 g/mol. The fraction of sp³-hybridized carbons (Fsp3) is 0.167. The van der Waals surface area contributed by atoms with Crippen LogP contribution in [-0.2, 0) is 4.79 Å². The molecule has 1 atom stereocenters. The van der Waals surface area contributed by atoms with E-state index in [0.717, 1.165) is 0 Å². The van der Waals surface area contributed by atoms with Crippen molar-refractivity contribution in [1.29, 1.82) is 0 Å². The summed E-state index contributed by atoms with van der Waals surface area (Å²) < 4.78 is 26.7. The Morgan fingerprint density at radius 3 is 2.82 bits per heavy atom. The number of pyridine rings is 1. The Bertz CT molecular complexity index is 1080. The number of anilines is 1. The molecule has 7 nitrogen and oxygen atoms in total. The first-order valence-electron chi connectivity index (χ1n) is 8.31. The molecule has 0 aliphatic carbocycles. The molecule has 0 spiro atoms. The van der Waals surface area contributed by atoms with Crippen molar-refractivity contribution in [3.63, 3.8) is 0 Å². The second-order valence-corrected chi connectivity index (χ2v) is 6.67. The average Bonchev–Trinajstić information content (AvgIpc) is 3.27. The van der Waals surface area contributed by atoms with Crippen LogP contribution in [0.2, 0.25) is 5.02 Å². The molecule has 1 aliphatic heterocycles. The normalized spacial score (nSPS) is 16.7. The lowest BCUT2D eigenvalue weighted by Gasteiger charge is -2.16. The lowest BCUT2D eigenvalue weighted by Crippen LogP contribution is -2.42. The number of nitrogens with one attached hydrogen (secondary N) is 3. The minimum Gasteiger partial charge on any atom is -0.339 e. The van der Waals surface area contributed by atoms with E-state index in [0.29, 0.717) is 33.1 Å². The fourth-order valence-corrected chi connectivity index (χ4v) is 3.14. The third-order valence-corrected chi connectivity index (χ3v) is 4.58. The molecule has 4 rings (SSSR count). The van der Waals surface area contributed by atoms with E-state index in [1.807, 2.05) is 0 Å². The van der Waals surface area contributed by atoms with Gasteiger partial charge in [-0.15, -0.1) is 0 Å². The quantitative estimate of drug-likeness (QED) is 0.620. The van der Waals surface area contributed by atoms with Gasteiger partial charge < -0.3 is 15.7 Å². The van der Waals surface area contributed by atoms with Crippen molar-refractivity contribution in [3.05, 3.63) is 47.0 Å². The molecule has 10 heteroatoms. The molecule has 2 aromatic heterocycles. The van der Waals surface area contributed by atoms with Crippen molar-refractivity contribution in [2.75, 3.05) is 12.4 Å². The zero-order valence-electron chi connectivity index (χ0n) is 14.6. The van der Waals surface area contributed by atoms with Crippen LogP contribution in [0.15, 0.2) is 41.4 Å². The summed E-state index contributed by atoms with van der Waals surface area (Å²) in [7, 11) is 1.69. The summed E-state index contributed by atoms with van der Waals surface area (Å²) >= 11 is 5.98. The number of aliphatic imine (C=N–C) groups is 1. The SMILES string of the molecule is CN1NC=NC1C(=O)Nc1ccc2cc(-c3cc(Cl)ccc3C(F)F)[nH]c2n1. The van der Waals surface area contributed by atoms with Crippen molar-refractivity contribution < 1.29 is 13.6 Å². The second-order valence-electron chi connectivity index (χ2n) is 6.23. The van der Waals surface area contributed by atoms with Gasteiger partial charge in [0, 0.05) is 34.3 Å². The number of likely N-dealkylation sites (N-methyl/N-ethyl adjacent to an activating group) is 1. The van der Waals surface area contributed by atoms with Gasteiger partial charge in [-0.05, 0) is 30.3 Å². The minimum atomic E-state index is -2.64.